The van der Waals surface area contributed by atoms with E-state index < -0.39 is 0 Å². The highest BCUT2D eigenvalue weighted by Crippen LogP contribution is 2.51. The number of hydrogen-bond acceptors (Lipinski definition) is 10. The summed E-state index contributed by atoms with van der Waals surface area (Å²) in [5.41, 5.74) is 10.3. The number of ether oxygens (including phenoxy) is 4. The van der Waals surface area contributed by atoms with Crippen molar-refractivity contribution in [3.63, 3.8) is 0 Å². The number of fused-ring (bicyclic) bond motifs is 4. The third-order valence-electron chi connectivity index (χ3n) is 12.3. The average molecular weight is 897 g/mol. The Hall–Kier alpha value is -4.03. The molecular formula is C44H43Cl5N6O4. The molecule has 0 aliphatic heterocycles. The first-order valence-electron chi connectivity index (χ1n) is 19.4. The summed E-state index contributed by atoms with van der Waals surface area (Å²) in [5.74, 6) is 6.12. The Morgan fingerprint density at radius 2 is 0.983 bits per heavy atom. The second-order valence-electron chi connectivity index (χ2n) is 15.4. The predicted octanol–water partition coefficient (Wildman–Crippen LogP) is 11.8. The number of anilines is 1. The Morgan fingerprint density at radius 1 is 0.559 bits per heavy atom. The second-order valence-corrected chi connectivity index (χ2v) is 17.2. The van der Waals surface area contributed by atoms with E-state index in [0.717, 1.165) is 56.6 Å². The van der Waals surface area contributed by atoms with E-state index in [-0.39, 0.29) is 5.28 Å². The van der Waals surface area contributed by atoms with Crippen molar-refractivity contribution in [1.82, 2.24) is 19.9 Å². The van der Waals surface area contributed by atoms with Gasteiger partial charge in [0.2, 0.25) is 11.2 Å². The van der Waals surface area contributed by atoms with Crippen LogP contribution in [-0.4, -0.2) is 60.5 Å². The highest BCUT2D eigenvalue weighted by Gasteiger charge is 2.47. The normalized spacial score (nSPS) is 22.0. The Labute approximate surface area is 368 Å². The van der Waals surface area contributed by atoms with Gasteiger partial charge in [-0.1, -0.05) is 58.5 Å². The van der Waals surface area contributed by atoms with Crippen LogP contribution >= 0.6 is 58.0 Å². The molecule has 6 fully saturated rings. The minimum atomic E-state index is 0.198. The molecule has 2 heterocycles. The van der Waals surface area contributed by atoms with Crippen molar-refractivity contribution in [3.8, 4) is 45.3 Å². The Kier molecular flexibility index (Phi) is 12.4. The SMILES string of the molecule is COc1cc(OC)c(Cl)c(-c2ccc3nc(Cl)ncc3c2)c1Cl.COc1cc(OC)c(Cl)c(-c2ccc3nc(NC4[C@@H]5CC[C@H]4C5)ncc3c2)c1Cl.NC1[C@@H]2CC[C@H]1C2. The van der Waals surface area contributed by atoms with Gasteiger partial charge in [-0.15, -0.1) is 0 Å². The van der Waals surface area contributed by atoms with Gasteiger partial charge in [0, 0.05) is 58.5 Å². The van der Waals surface area contributed by atoms with Crippen LogP contribution in [0, 0.1) is 23.7 Å². The third-order valence-corrected chi connectivity index (χ3v) is 14.0. The van der Waals surface area contributed by atoms with Gasteiger partial charge in [-0.2, -0.15) is 0 Å². The summed E-state index contributed by atoms with van der Waals surface area (Å²) in [4.78, 5) is 17.4. The monoisotopic (exact) mass is 894 g/mol. The first-order chi connectivity index (χ1) is 28.5. The number of nitrogens with zero attached hydrogens (tertiary/aromatic N) is 4. The van der Waals surface area contributed by atoms with Gasteiger partial charge in [-0.3, -0.25) is 0 Å². The average Bonchev–Trinajstić information content (AvgIpc) is 4.09. The predicted molar refractivity (Wildman–Crippen MR) is 238 cm³/mol. The number of nitrogens with two attached hydrogens (primary N) is 1. The largest absolute Gasteiger partial charge is 0.495 e. The fraction of sp³-hybridized carbons (Fsp3) is 0.364. The summed E-state index contributed by atoms with van der Waals surface area (Å²) in [6.07, 6.45) is 11.8. The topological polar surface area (TPSA) is 127 Å². The van der Waals surface area contributed by atoms with Gasteiger partial charge in [0.25, 0.3) is 0 Å². The summed E-state index contributed by atoms with van der Waals surface area (Å²) in [7, 11) is 6.20. The van der Waals surface area contributed by atoms with Gasteiger partial charge in [-0.05, 0) is 109 Å². The van der Waals surface area contributed by atoms with E-state index in [1.54, 1.807) is 32.5 Å². The van der Waals surface area contributed by atoms with Crippen LogP contribution in [0.2, 0.25) is 25.4 Å². The molecule has 6 atom stereocenters. The van der Waals surface area contributed by atoms with E-state index in [9.17, 15) is 0 Å². The quantitative estimate of drug-likeness (QED) is 0.143. The lowest BCUT2D eigenvalue weighted by atomic mass is 9.78. The minimum absolute atomic E-state index is 0.198. The molecule has 10 nitrogen and oxygen atoms in total. The van der Waals surface area contributed by atoms with Gasteiger partial charge in [-0.25, -0.2) is 19.9 Å². The number of benzene rings is 4. The molecule has 6 aromatic rings. The van der Waals surface area contributed by atoms with Crippen LogP contribution in [-0.2, 0) is 0 Å². The Balaban J connectivity index is 0.000000143. The molecular weight excluding hydrogens is 854 g/mol. The van der Waals surface area contributed by atoms with Gasteiger partial charge >= 0.3 is 0 Å². The van der Waals surface area contributed by atoms with Crippen molar-refractivity contribution >= 4 is 85.8 Å². The maximum Gasteiger partial charge on any atom is 0.223 e. The van der Waals surface area contributed by atoms with Gasteiger partial charge in [0.15, 0.2) is 0 Å². The molecule has 4 bridgehead atoms. The lowest BCUT2D eigenvalue weighted by molar-refractivity contribution is 0.242. The molecule has 0 saturated heterocycles. The van der Waals surface area contributed by atoms with Crippen LogP contribution in [0.5, 0.6) is 23.0 Å². The van der Waals surface area contributed by atoms with E-state index in [1.165, 1.54) is 52.7 Å². The van der Waals surface area contributed by atoms with Crippen molar-refractivity contribution in [2.75, 3.05) is 33.8 Å². The molecule has 2 unspecified atom stereocenters. The maximum atomic E-state index is 6.56. The second kappa shape index (κ2) is 17.5. The molecule has 6 aliphatic rings. The highest BCUT2D eigenvalue weighted by molar-refractivity contribution is 6.42. The fourth-order valence-corrected chi connectivity index (χ4v) is 10.5. The van der Waals surface area contributed by atoms with Gasteiger partial charge < -0.3 is 30.0 Å². The molecule has 3 N–H and O–H groups in total. The van der Waals surface area contributed by atoms with E-state index in [2.05, 4.69) is 20.3 Å². The number of hydrogen-bond donors (Lipinski definition) is 2. The van der Waals surface area contributed by atoms with E-state index in [0.29, 0.717) is 72.2 Å². The van der Waals surface area contributed by atoms with Gasteiger partial charge in [0.05, 0.1) is 59.6 Å². The number of methoxy groups -OCH3 is 4. The standard InChI is InChI=1S/C22H21Cl2N3O2.C16H11Cl3N2O2.C6H11N/c1-28-16-9-17(29-2)20(24)18(19(16)23)11-5-6-15-14(7-11)10-25-22(26-15)27-21-12-3-4-13(21)8-12;1-22-11-6-12(23-2)15(18)13(14(11)17)8-3-4-10-9(5-8)7-20-16(19)21-10;7-6-4-1-2-5(6)3-4/h5-7,9-10,12-13,21H,3-4,8H2,1-2H3,(H,25,26,27);3-7H,1-2H3;4-6H,1-3,7H2/t12-,13+,21?;;4-,5+,6?. The lowest BCUT2D eigenvalue weighted by Gasteiger charge is -2.36. The van der Waals surface area contributed by atoms with Crippen LogP contribution in [0.15, 0.2) is 60.9 Å². The molecule has 6 aliphatic carbocycles. The van der Waals surface area contributed by atoms with Crippen molar-refractivity contribution in [3.05, 3.63) is 86.3 Å². The van der Waals surface area contributed by atoms with E-state index in [4.69, 9.17) is 87.7 Å². The number of rotatable bonds is 8. The zero-order valence-electron chi connectivity index (χ0n) is 32.9. The molecule has 0 radical (unpaired) electrons. The Morgan fingerprint density at radius 3 is 1.39 bits per heavy atom. The minimum Gasteiger partial charge on any atom is -0.495 e. The summed E-state index contributed by atoms with van der Waals surface area (Å²) >= 11 is 31.8. The van der Waals surface area contributed by atoms with Crippen LogP contribution in [0.3, 0.4) is 0 Å². The maximum absolute atomic E-state index is 6.56. The number of halogens is 5. The molecule has 15 heteroatoms. The lowest BCUT2D eigenvalue weighted by Crippen LogP contribution is -2.41. The molecule has 0 spiro atoms. The molecule has 308 valence electrons. The molecule has 59 heavy (non-hydrogen) atoms. The molecule has 6 saturated carbocycles. The van der Waals surface area contributed by atoms with Crippen LogP contribution in [0.4, 0.5) is 5.95 Å². The van der Waals surface area contributed by atoms with Gasteiger partial charge in [0.1, 0.15) is 23.0 Å². The first kappa shape index (κ1) is 41.7. The highest BCUT2D eigenvalue weighted by atomic mass is 35.5. The van der Waals surface area contributed by atoms with Crippen LogP contribution in [0.25, 0.3) is 44.1 Å². The number of aromatic nitrogens is 4. The van der Waals surface area contributed by atoms with Crippen molar-refractivity contribution in [2.45, 2.75) is 50.6 Å². The first-order valence-corrected chi connectivity index (χ1v) is 21.3. The molecule has 2 aromatic heterocycles. The molecule has 12 rings (SSSR count). The third kappa shape index (κ3) is 8.12. The molecule has 4 aromatic carbocycles. The van der Waals surface area contributed by atoms with Crippen molar-refractivity contribution in [1.29, 1.82) is 0 Å². The van der Waals surface area contributed by atoms with Crippen LogP contribution < -0.4 is 30.0 Å². The molecule has 0 amide bonds. The number of nitrogens with one attached hydrogen (secondary N) is 1. The van der Waals surface area contributed by atoms with Crippen molar-refractivity contribution < 1.29 is 18.9 Å². The zero-order valence-corrected chi connectivity index (χ0v) is 36.6. The summed E-state index contributed by atoms with van der Waals surface area (Å²) in [5, 5.41) is 7.17. The van der Waals surface area contributed by atoms with E-state index in [1.807, 2.05) is 42.6 Å². The van der Waals surface area contributed by atoms with Crippen LogP contribution in [0.1, 0.15) is 38.5 Å². The van der Waals surface area contributed by atoms with E-state index >= 15 is 0 Å². The zero-order chi connectivity index (χ0) is 41.5. The summed E-state index contributed by atoms with van der Waals surface area (Å²) < 4.78 is 21.3. The Bertz CT molecular complexity index is 2460. The summed E-state index contributed by atoms with van der Waals surface area (Å²) in [6.45, 7) is 0. The summed E-state index contributed by atoms with van der Waals surface area (Å²) in [6, 6.07) is 16.0. The van der Waals surface area contributed by atoms with Crippen molar-refractivity contribution in [2.24, 2.45) is 29.4 Å². The smallest absolute Gasteiger partial charge is 0.223 e. The fourth-order valence-electron chi connectivity index (χ4n) is 8.92.